The van der Waals surface area contributed by atoms with Gasteiger partial charge in [0.2, 0.25) is 11.8 Å². The van der Waals surface area contributed by atoms with Crippen molar-refractivity contribution in [3.63, 3.8) is 0 Å². The maximum absolute atomic E-state index is 12.5. The summed E-state index contributed by atoms with van der Waals surface area (Å²) in [5, 5.41) is 0. The second kappa shape index (κ2) is 5.34. The summed E-state index contributed by atoms with van der Waals surface area (Å²) >= 11 is 0. The van der Waals surface area contributed by atoms with Gasteiger partial charge in [-0.1, -0.05) is 38.8 Å². The fourth-order valence-electron chi connectivity index (χ4n) is 4.42. The lowest BCUT2D eigenvalue weighted by Crippen LogP contribution is -2.34. The fraction of sp³-hybridized carbons (Fsp3) is 0.765. The number of allylic oxidation sites excluding steroid dienone is 2. The summed E-state index contributed by atoms with van der Waals surface area (Å²) in [5.41, 5.74) is 0. The summed E-state index contributed by atoms with van der Waals surface area (Å²) in [7, 11) is 0. The Hall–Kier alpha value is -1.12. The summed E-state index contributed by atoms with van der Waals surface area (Å²) in [6.07, 6.45) is 9.86. The second-order valence-corrected chi connectivity index (χ2v) is 6.86. The first-order valence-corrected chi connectivity index (χ1v) is 8.17. The van der Waals surface area contributed by atoms with Gasteiger partial charge in [-0.2, -0.15) is 0 Å². The van der Waals surface area contributed by atoms with Gasteiger partial charge in [0.05, 0.1) is 11.8 Å². The number of carbonyl (C=O) groups excluding carboxylic acids is 2. The monoisotopic (exact) mass is 275 g/mol. The van der Waals surface area contributed by atoms with Crippen molar-refractivity contribution in [3.05, 3.63) is 12.2 Å². The zero-order valence-corrected chi connectivity index (χ0v) is 12.5. The number of carbonyl (C=O) groups is 2. The molecule has 5 atom stereocenters. The van der Waals surface area contributed by atoms with Gasteiger partial charge in [-0.25, -0.2) is 0 Å². The number of likely N-dealkylation sites (tertiary alicyclic amines) is 1. The van der Waals surface area contributed by atoms with Crippen LogP contribution in [0.3, 0.4) is 0 Å². The average molecular weight is 275 g/mol. The number of nitrogens with zero attached hydrogens (tertiary/aromatic N) is 1. The van der Waals surface area contributed by atoms with Crippen molar-refractivity contribution in [1.82, 2.24) is 4.90 Å². The summed E-state index contributed by atoms with van der Waals surface area (Å²) in [6, 6.07) is 0. The Labute approximate surface area is 121 Å². The first-order valence-electron chi connectivity index (χ1n) is 8.17. The van der Waals surface area contributed by atoms with E-state index in [1.807, 2.05) is 0 Å². The van der Waals surface area contributed by atoms with E-state index in [0.29, 0.717) is 24.3 Å². The topological polar surface area (TPSA) is 37.4 Å². The Morgan fingerprint density at radius 3 is 2.30 bits per heavy atom. The molecule has 0 aromatic carbocycles. The maximum atomic E-state index is 12.5. The molecule has 2 fully saturated rings. The van der Waals surface area contributed by atoms with Gasteiger partial charge in [0.1, 0.15) is 0 Å². The quantitative estimate of drug-likeness (QED) is 0.552. The van der Waals surface area contributed by atoms with E-state index in [-0.39, 0.29) is 23.7 Å². The first-order chi connectivity index (χ1) is 9.63. The van der Waals surface area contributed by atoms with Gasteiger partial charge in [0.25, 0.3) is 0 Å². The molecule has 2 aliphatic carbocycles. The molecule has 0 aromatic heterocycles. The molecule has 20 heavy (non-hydrogen) atoms. The molecular formula is C17H25NO2. The molecule has 5 unspecified atom stereocenters. The van der Waals surface area contributed by atoms with Crippen molar-refractivity contribution >= 4 is 11.8 Å². The number of imide groups is 1. The SMILES string of the molecule is CCCC(C)CCCN1C(=O)C2C3C=CC(C3)C2C1=O. The summed E-state index contributed by atoms with van der Waals surface area (Å²) < 4.78 is 0. The van der Waals surface area contributed by atoms with E-state index in [1.54, 1.807) is 4.90 Å². The smallest absolute Gasteiger partial charge is 0.233 e. The molecular weight excluding hydrogens is 250 g/mol. The van der Waals surface area contributed by atoms with Gasteiger partial charge in [-0.3, -0.25) is 14.5 Å². The zero-order valence-electron chi connectivity index (χ0n) is 12.5. The van der Waals surface area contributed by atoms with Crippen molar-refractivity contribution in [2.45, 2.75) is 46.0 Å². The molecule has 2 bridgehead atoms. The van der Waals surface area contributed by atoms with Crippen LogP contribution in [0.25, 0.3) is 0 Å². The third kappa shape index (κ3) is 2.11. The minimum atomic E-state index is -0.0226. The van der Waals surface area contributed by atoms with Crippen LogP contribution in [0.4, 0.5) is 0 Å². The van der Waals surface area contributed by atoms with Crippen LogP contribution in [0.15, 0.2) is 12.2 Å². The van der Waals surface area contributed by atoms with E-state index in [1.165, 1.54) is 12.8 Å². The van der Waals surface area contributed by atoms with Crippen molar-refractivity contribution in [2.24, 2.45) is 29.6 Å². The van der Waals surface area contributed by atoms with Gasteiger partial charge < -0.3 is 0 Å². The highest BCUT2D eigenvalue weighted by molar-refractivity contribution is 6.06. The van der Waals surface area contributed by atoms with E-state index < -0.39 is 0 Å². The first kappa shape index (κ1) is 13.8. The van der Waals surface area contributed by atoms with Gasteiger partial charge in [-0.15, -0.1) is 0 Å². The molecule has 3 heteroatoms. The Morgan fingerprint density at radius 2 is 1.75 bits per heavy atom. The van der Waals surface area contributed by atoms with Crippen LogP contribution in [0.5, 0.6) is 0 Å². The molecule has 1 saturated carbocycles. The largest absolute Gasteiger partial charge is 0.282 e. The molecule has 0 spiro atoms. The molecule has 3 rings (SSSR count). The lowest BCUT2D eigenvalue weighted by Gasteiger charge is -2.18. The molecule has 110 valence electrons. The minimum absolute atomic E-state index is 0.0226. The van der Waals surface area contributed by atoms with Crippen LogP contribution in [0, 0.1) is 29.6 Å². The number of amides is 2. The molecule has 0 aromatic rings. The van der Waals surface area contributed by atoms with Crippen LogP contribution >= 0.6 is 0 Å². The van der Waals surface area contributed by atoms with Crippen molar-refractivity contribution in [2.75, 3.05) is 6.54 Å². The summed E-state index contributed by atoms with van der Waals surface area (Å²) in [5.74, 6) is 1.55. The summed E-state index contributed by atoms with van der Waals surface area (Å²) in [6.45, 7) is 5.10. The standard InChI is InChI=1S/C17H25NO2/c1-3-5-11(2)6-4-9-18-16(19)14-12-7-8-13(10-12)15(14)17(18)20/h7-8,11-15H,3-6,9-10H2,1-2H3. The lowest BCUT2D eigenvalue weighted by molar-refractivity contribution is -0.140. The number of rotatable bonds is 6. The Balaban J connectivity index is 1.57. The molecule has 3 aliphatic rings. The zero-order chi connectivity index (χ0) is 14.3. The molecule has 0 radical (unpaired) electrons. The molecule has 1 saturated heterocycles. The molecule has 3 nitrogen and oxygen atoms in total. The van der Waals surface area contributed by atoms with E-state index in [0.717, 1.165) is 19.3 Å². The van der Waals surface area contributed by atoms with Gasteiger partial charge in [0.15, 0.2) is 0 Å². The van der Waals surface area contributed by atoms with Crippen molar-refractivity contribution < 1.29 is 9.59 Å². The highest BCUT2D eigenvalue weighted by Crippen LogP contribution is 2.52. The highest BCUT2D eigenvalue weighted by Gasteiger charge is 2.58. The lowest BCUT2D eigenvalue weighted by atomic mass is 9.85. The van der Waals surface area contributed by atoms with Crippen LogP contribution < -0.4 is 0 Å². The van der Waals surface area contributed by atoms with Crippen LogP contribution in [0.1, 0.15) is 46.0 Å². The normalized spacial score (nSPS) is 36.0. The molecule has 2 amide bonds. The van der Waals surface area contributed by atoms with E-state index in [4.69, 9.17) is 0 Å². The number of fused-ring (bicyclic) bond motifs is 5. The fourth-order valence-corrected chi connectivity index (χ4v) is 4.42. The Bertz CT molecular complexity index is 412. The second-order valence-electron chi connectivity index (χ2n) is 6.86. The molecule has 0 N–H and O–H groups in total. The Kier molecular flexibility index (Phi) is 3.70. The number of hydrogen-bond donors (Lipinski definition) is 0. The van der Waals surface area contributed by atoms with Crippen LogP contribution in [-0.4, -0.2) is 23.3 Å². The van der Waals surface area contributed by atoms with Crippen LogP contribution in [0.2, 0.25) is 0 Å². The van der Waals surface area contributed by atoms with E-state index in [9.17, 15) is 9.59 Å². The minimum Gasteiger partial charge on any atom is -0.282 e. The average Bonchev–Trinajstić information content (AvgIpc) is 3.08. The highest BCUT2D eigenvalue weighted by atomic mass is 16.2. The summed E-state index contributed by atoms with van der Waals surface area (Å²) in [4.78, 5) is 26.5. The van der Waals surface area contributed by atoms with Gasteiger partial charge in [-0.05, 0) is 37.0 Å². The predicted octanol–water partition coefficient (Wildman–Crippen LogP) is 3.01. The third-order valence-corrected chi connectivity index (χ3v) is 5.42. The number of hydrogen-bond acceptors (Lipinski definition) is 2. The third-order valence-electron chi connectivity index (χ3n) is 5.42. The maximum Gasteiger partial charge on any atom is 0.233 e. The Morgan fingerprint density at radius 1 is 1.15 bits per heavy atom. The molecule has 1 aliphatic heterocycles. The van der Waals surface area contributed by atoms with E-state index in [2.05, 4.69) is 26.0 Å². The van der Waals surface area contributed by atoms with Crippen molar-refractivity contribution in [1.29, 1.82) is 0 Å². The van der Waals surface area contributed by atoms with Gasteiger partial charge >= 0.3 is 0 Å². The van der Waals surface area contributed by atoms with Crippen molar-refractivity contribution in [3.8, 4) is 0 Å². The predicted molar refractivity (Wildman–Crippen MR) is 77.7 cm³/mol. The van der Waals surface area contributed by atoms with E-state index >= 15 is 0 Å². The van der Waals surface area contributed by atoms with Gasteiger partial charge in [0, 0.05) is 6.54 Å². The van der Waals surface area contributed by atoms with Crippen LogP contribution in [-0.2, 0) is 9.59 Å². The molecule has 1 heterocycles.